The Bertz CT molecular complexity index is 528. The van der Waals surface area contributed by atoms with E-state index in [1.54, 1.807) is 12.1 Å². The van der Waals surface area contributed by atoms with Crippen LogP contribution in [0.1, 0.15) is 56.6 Å². The standard InChI is InChI=1S/C20H31FN2O/c1-15-3-2-4-19(11-15)23-9-7-18(8-10-23)22-13-16-5-6-20(21)17(12-16)14-24/h5-6,12,15,18-19,22,24H,2-4,7-11,13-14H2,1H3. The van der Waals surface area contributed by atoms with Crippen molar-refractivity contribution in [1.82, 2.24) is 10.2 Å². The van der Waals surface area contributed by atoms with E-state index < -0.39 is 0 Å². The first kappa shape index (κ1) is 17.8. The van der Waals surface area contributed by atoms with E-state index in [-0.39, 0.29) is 12.4 Å². The highest BCUT2D eigenvalue weighted by Gasteiger charge is 2.28. The topological polar surface area (TPSA) is 35.5 Å². The molecule has 1 heterocycles. The molecule has 2 unspecified atom stereocenters. The van der Waals surface area contributed by atoms with Crippen molar-refractivity contribution in [2.45, 2.75) is 70.7 Å². The molecular formula is C20H31FN2O. The number of aliphatic hydroxyl groups is 1. The number of rotatable bonds is 5. The summed E-state index contributed by atoms with van der Waals surface area (Å²) in [5.41, 5.74) is 1.43. The zero-order valence-corrected chi connectivity index (χ0v) is 14.8. The van der Waals surface area contributed by atoms with Crippen molar-refractivity contribution in [3.05, 3.63) is 35.1 Å². The molecule has 1 aromatic rings. The zero-order valence-electron chi connectivity index (χ0n) is 14.8. The number of benzene rings is 1. The number of piperidine rings is 1. The average molecular weight is 334 g/mol. The molecule has 1 aromatic carbocycles. The summed E-state index contributed by atoms with van der Waals surface area (Å²) in [6.45, 7) is 5.29. The second kappa shape index (κ2) is 8.41. The summed E-state index contributed by atoms with van der Waals surface area (Å²) in [6.07, 6.45) is 7.93. The third kappa shape index (κ3) is 4.56. The van der Waals surface area contributed by atoms with Crippen LogP contribution in [0.15, 0.2) is 18.2 Å². The van der Waals surface area contributed by atoms with Crippen molar-refractivity contribution in [1.29, 1.82) is 0 Å². The normalized spacial score (nSPS) is 26.6. The van der Waals surface area contributed by atoms with Crippen LogP contribution in [0.4, 0.5) is 4.39 Å². The minimum absolute atomic E-state index is 0.238. The molecule has 24 heavy (non-hydrogen) atoms. The van der Waals surface area contributed by atoms with Crippen LogP contribution in [0.5, 0.6) is 0 Å². The third-order valence-electron chi connectivity index (χ3n) is 5.83. The lowest BCUT2D eigenvalue weighted by molar-refractivity contribution is 0.100. The molecule has 0 aromatic heterocycles. The molecule has 0 radical (unpaired) electrons. The van der Waals surface area contributed by atoms with Gasteiger partial charge in [0.2, 0.25) is 0 Å². The van der Waals surface area contributed by atoms with Gasteiger partial charge in [-0.1, -0.05) is 25.8 Å². The van der Waals surface area contributed by atoms with Gasteiger partial charge in [-0.2, -0.15) is 0 Å². The Morgan fingerprint density at radius 2 is 2.00 bits per heavy atom. The molecular weight excluding hydrogens is 303 g/mol. The molecule has 1 aliphatic carbocycles. The Morgan fingerprint density at radius 3 is 2.71 bits per heavy atom. The van der Waals surface area contributed by atoms with Crippen molar-refractivity contribution in [2.24, 2.45) is 5.92 Å². The zero-order chi connectivity index (χ0) is 16.9. The first-order chi connectivity index (χ1) is 11.7. The smallest absolute Gasteiger partial charge is 0.128 e. The molecule has 1 aliphatic heterocycles. The average Bonchev–Trinajstić information content (AvgIpc) is 2.61. The van der Waals surface area contributed by atoms with Gasteiger partial charge in [-0.15, -0.1) is 0 Å². The molecule has 4 heteroatoms. The summed E-state index contributed by atoms with van der Waals surface area (Å²) in [5, 5.41) is 12.8. The maximum absolute atomic E-state index is 13.4. The number of aliphatic hydroxyl groups excluding tert-OH is 1. The number of nitrogens with zero attached hydrogens (tertiary/aromatic N) is 1. The molecule has 1 saturated carbocycles. The first-order valence-corrected chi connectivity index (χ1v) is 9.51. The van der Waals surface area contributed by atoms with E-state index in [0.29, 0.717) is 11.6 Å². The Morgan fingerprint density at radius 1 is 1.21 bits per heavy atom. The molecule has 134 valence electrons. The Kier molecular flexibility index (Phi) is 6.25. The predicted octanol–water partition coefficient (Wildman–Crippen LogP) is 3.45. The Hall–Kier alpha value is -0.970. The second-order valence-electron chi connectivity index (χ2n) is 7.70. The lowest BCUT2D eigenvalue weighted by atomic mass is 9.85. The van der Waals surface area contributed by atoms with Gasteiger partial charge in [0.25, 0.3) is 0 Å². The molecule has 3 rings (SSSR count). The number of nitrogens with one attached hydrogen (secondary N) is 1. The van der Waals surface area contributed by atoms with E-state index in [1.165, 1.54) is 57.7 Å². The van der Waals surface area contributed by atoms with E-state index in [9.17, 15) is 4.39 Å². The quantitative estimate of drug-likeness (QED) is 0.866. The summed E-state index contributed by atoms with van der Waals surface area (Å²) in [5.74, 6) is 0.565. The summed E-state index contributed by atoms with van der Waals surface area (Å²) in [6, 6.07) is 6.37. The number of hydrogen-bond acceptors (Lipinski definition) is 3. The van der Waals surface area contributed by atoms with Gasteiger partial charge in [-0.25, -0.2) is 4.39 Å². The summed E-state index contributed by atoms with van der Waals surface area (Å²) in [7, 11) is 0. The van der Waals surface area contributed by atoms with Crippen LogP contribution >= 0.6 is 0 Å². The minimum atomic E-state index is -0.323. The fraction of sp³-hybridized carbons (Fsp3) is 0.700. The fourth-order valence-corrected chi connectivity index (χ4v) is 4.32. The Labute approximate surface area is 145 Å². The molecule has 1 saturated heterocycles. The van der Waals surface area contributed by atoms with Gasteiger partial charge in [0.1, 0.15) is 5.82 Å². The van der Waals surface area contributed by atoms with Crippen LogP contribution in [0.2, 0.25) is 0 Å². The summed E-state index contributed by atoms with van der Waals surface area (Å²) < 4.78 is 13.4. The van der Waals surface area contributed by atoms with Gasteiger partial charge in [-0.3, -0.25) is 0 Å². The van der Waals surface area contributed by atoms with E-state index in [0.717, 1.165) is 24.1 Å². The van der Waals surface area contributed by atoms with Crippen molar-refractivity contribution in [3.8, 4) is 0 Å². The van der Waals surface area contributed by atoms with Gasteiger partial charge < -0.3 is 15.3 Å². The maximum Gasteiger partial charge on any atom is 0.128 e. The van der Waals surface area contributed by atoms with Gasteiger partial charge in [0.15, 0.2) is 0 Å². The van der Waals surface area contributed by atoms with Crippen molar-refractivity contribution in [3.63, 3.8) is 0 Å². The number of hydrogen-bond donors (Lipinski definition) is 2. The molecule has 3 nitrogen and oxygen atoms in total. The van der Waals surface area contributed by atoms with Crippen LogP contribution in [0.3, 0.4) is 0 Å². The lowest BCUT2D eigenvalue weighted by Crippen LogP contribution is -2.47. The fourth-order valence-electron chi connectivity index (χ4n) is 4.32. The van der Waals surface area contributed by atoms with Gasteiger partial charge in [0, 0.05) is 24.2 Å². The van der Waals surface area contributed by atoms with Crippen molar-refractivity contribution in [2.75, 3.05) is 13.1 Å². The summed E-state index contributed by atoms with van der Waals surface area (Å²) >= 11 is 0. The third-order valence-corrected chi connectivity index (χ3v) is 5.83. The van der Waals surface area contributed by atoms with Crippen LogP contribution in [0.25, 0.3) is 0 Å². The molecule has 0 amide bonds. The largest absolute Gasteiger partial charge is 0.392 e. The van der Waals surface area contributed by atoms with Crippen LogP contribution < -0.4 is 5.32 Å². The van der Waals surface area contributed by atoms with Crippen LogP contribution in [-0.4, -0.2) is 35.2 Å². The van der Waals surface area contributed by atoms with E-state index in [1.807, 2.05) is 0 Å². The molecule has 2 N–H and O–H groups in total. The SMILES string of the molecule is CC1CCCC(N2CCC(NCc3ccc(F)c(CO)c3)CC2)C1. The maximum atomic E-state index is 13.4. The molecule has 2 atom stereocenters. The van der Waals surface area contributed by atoms with Gasteiger partial charge in [-0.05, 0) is 62.4 Å². The predicted molar refractivity (Wildman–Crippen MR) is 95.2 cm³/mol. The lowest BCUT2D eigenvalue weighted by Gasteiger charge is -2.41. The summed E-state index contributed by atoms with van der Waals surface area (Å²) in [4.78, 5) is 2.70. The van der Waals surface area contributed by atoms with Gasteiger partial charge in [0.05, 0.1) is 6.61 Å². The minimum Gasteiger partial charge on any atom is -0.392 e. The van der Waals surface area contributed by atoms with E-state index in [4.69, 9.17) is 5.11 Å². The van der Waals surface area contributed by atoms with Crippen molar-refractivity contribution >= 4 is 0 Å². The van der Waals surface area contributed by atoms with E-state index in [2.05, 4.69) is 17.1 Å². The molecule has 0 bridgehead atoms. The number of halogens is 1. The van der Waals surface area contributed by atoms with Gasteiger partial charge >= 0.3 is 0 Å². The highest BCUT2D eigenvalue weighted by Crippen LogP contribution is 2.29. The Balaban J connectivity index is 1.44. The van der Waals surface area contributed by atoms with Crippen LogP contribution in [0, 0.1) is 11.7 Å². The van der Waals surface area contributed by atoms with Crippen molar-refractivity contribution < 1.29 is 9.50 Å². The highest BCUT2D eigenvalue weighted by molar-refractivity contribution is 5.24. The van der Waals surface area contributed by atoms with E-state index >= 15 is 0 Å². The molecule has 0 spiro atoms. The highest BCUT2D eigenvalue weighted by atomic mass is 19.1. The molecule has 2 fully saturated rings. The first-order valence-electron chi connectivity index (χ1n) is 9.51. The van der Waals surface area contributed by atoms with Crippen LogP contribution in [-0.2, 0) is 13.2 Å². The monoisotopic (exact) mass is 334 g/mol. The molecule has 2 aliphatic rings. The second-order valence-corrected chi connectivity index (χ2v) is 7.70. The number of likely N-dealkylation sites (tertiary alicyclic amines) is 1.